The number of benzene rings is 3. The van der Waals surface area contributed by atoms with Gasteiger partial charge in [0.15, 0.2) is 0 Å². The molecule has 0 saturated carbocycles. The zero-order valence-electron chi connectivity index (χ0n) is 16.0. The molecule has 6 heteroatoms. The molecular weight excluding hydrogens is 386 g/mol. The average Bonchev–Trinajstić information content (AvgIpc) is 3.23. The first kappa shape index (κ1) is 19.0. The minimum absolute atomic E-state index is 0.478. The average molecular weight is 406 g/mol. The summed E-state index contributed by atoms with van der Waals surface area (Å²) in [5.41, 5.74) is 3.08. The van der Waals surface area contributed by atoms with Crippen molar-refractivity contribution >= 4 is 17.3 Å². The molecule has 0 amide bonds. The van der Waals surface area contributed by atoms with Crippen molar-refractivity contribution in [2.24, 2.45) is 0 Å². The lowest BCUT2D eigenvalue weighted by atomic mass is 10.2. The van der Waals surface area contributed by atoms with Gasteiger partial charge in [-0.05, 0) is 54.1 Å². The van der Waals surface area contributed by atoms with Crippen molar-refractivity contribution in [2.45, 2.75) is 13.1 Å². The Morgan fingerprint density at radius 2 is 1.59 bits per heavy atom. The third kappa shape index (κ3) is 4.76. The summed E-state index contributed by atoms with van der Waals surface area (Å²) < 4.78 is 11.2. The van der Waals surface area contributed by atoms with Crippen molar-refractivity contribution in [3.05, 3.63) is 95.3 Å². The number of rotatable bonds is 7. The maximum atomic E-state index is 5.96. The predicted molar refractivity (Wildman–Crippen MR) is 114 cm³/mol. The van der Waals surface area contributed by atoms with Crippen molar-refractivity contribution in [2.75, 3.05) is 12.0 Å². The molecule has 0 saturated heterocycles. The van der Waals surface area contributed by atoms with Crippen LogP contribution in [0, 0.1) is 0 Å². The Bertz CT molecular complexity index is 1050. The third-order valence-electron chi connectivity index (χ3n) is 4.54. The van der Waals surface area contributed by atoms with Crippen LogP contribution in [0.15, 0.2) is 83.3 Å². The lowest BCUT2D eigenvalue weighted by Gasteiger charge is -2.23. The van der Waals surface area contributed by atoms with Crippen LogP contribution in [-0.4, -0.2) is 17.3 Å². The smallest absolute Gasteiger partial charge is 0.247 e. The lowest BCUT2D eigenvalue weighted by molar-refractivity contribution is 0.415. The Kier molecular flexibility index (Phi) is 5.77. The van der Waals surface area contributed by atoms with Gasteiger partial charge in [0, 0.05) is 22.8 Å². The molecule has 0 bridgehead atoms. The van der Waals surface area contributed by atoms with Crippen molar-refractivity contribution in [1.82, 2.24) is 10.2 Å². The molecule has 0 aliphatic rings. The van der Waals surface area contributed by atoms with Crippen LogP contribution in [0.4, 0.5) is 5.69 Å². The summed E-state index contributed by atoms with van der Waals surface area (Å²) >= 11 is 5.96. The summed E-state index contributed by atoms with van der Waals surface area (Å²) in [6.45, 7) is 1.20. The van der Waals surface area contributed by atoms with E-state index in [0.29, 0.717) is 29.9 Å². The van der Waals surface area contributed by atoms with Crippen molar-refractivity contribution in [1.29, 1.82) is 0 Å². The SMILES string of the molecule is COc1ccc(N(Cc2ccccc2)Cc2nnc(-c3ccc(Cl)cc3)o2)cc1. The van der Waals surface area contributed by atoms with Crippen LogP contribution in [0.3, 0.4) is 0 Å². The van der Waals surface area contributed by atoms with E-state index in [1.807, 2.05) is 54.6 Å². The summed E-state index contributed by atoms with van der Waals surface area (Å²) in [6, 6.07) is 25.6. The normalized spacial score (nSPS) is 10.7. The number of nitrogens with zero attached hydrogens (tertiary/aromatic N) is 3. The van der Waals surface area contributed by atoms with Gasteiger partial charge < -0.3 is 14.1 Å². The largest absolute Gasteiger partial charge is 0.497 e. The monoisotopic (exact) mass is 405 g/mol. The highest BCUT2D eigenvalue weighted by Crippen LogP contribution is 2.25. The first-order valence-corrected chi connectivity index (χ1v) is 9.60. The molecule has 29 heavy (non-hydrogen) atoms. The van der Waals surface area contributed by atoms with Crippen molar-refractivity contribution < 1.29 is 9.15 Å². The van der Waals surface area contributed by atoms with Gasteiger partial charge >= 0.3 is 0 Å². The minimum Gasteiger partial charge on any atom is -0.497 e. The fourth-order valence-electron chi connectivity index (χ4n) is 3.03. The molecule has 1 aromatic heterocycles. The van der Waals surface area contributed by atoms with E-state index >= 15 is 0 Å². The zero-order valence-corrected chi connectivity index (χ0v) is 16.7. The van der Waals surface area contributed by atoms with E-state index in [-0.39, 0.29) is 0 Å². The zero-order chi connectivity index (χ0) is 20.1. The third-order valence-corrected chi connectivity index (χ3v) is 4.79. The quantitative estimate of drug-likeness (QED) is 0.400. The van der Waals surface area contributed by atoms with Gasteiger partial charge in [-0.2, -0.15) is 0 Å². The van der Waals surface area contributed by atoms with Gasteiger partial charge in [-0.1, -0.05) is 41.9 Å². The summed E-state index contributed by atoms with van der Waals surface area (Å²) in [4.78, 5) is 2.19. The molecule has 5 nitrogen and oxygen atoms in total. The van der Waals surface area contributed by atoms with Gasteiger partial charge in [0.25, 0.3) is 0 Å². The molecule has 1 heterocycles. The van der Waals surface area contributed by atoms with Crippen molar-refractivity contribution in [3.63, 3.8) is 0 Å². The molecule has 3 aromatic carbocycles. The maximum Gasteiger partial charge on any atom is 0.247 e. The van der Waals surface area contributed by atoms with Gasteiger partial charge in [0.05, 0.1) is 13.7 Å². The number of hydrogen-bond acceptors (Lipinski definition) is 5. The molecule has 0 aliphatic heterocycles. The number of methoxy groups -OCH3 is 1. The topological polar surface area (TPSA) is 51.4 Å². The summed E-state index contributed by atoms with van der Waals surface area (Å²) in [6.07, 6.45) is 0. The number of hydrogen-bond donors (Lipinski definition) is 0. The van der Waals surface area contributed by atoms with E-state index in [2.05, 4.69) is 27.2 Å². The van der Waals surface area contributed by atoms with E-state index in [9.17, 15) is 0 Å². The highest BCUT2D eigenvalue weighted by atomic mass is 35.5. The molecular formula is C23H20ClN3O2. The Balaban J connectivity index is 1.58. The number of anilines is 1. The van der Waals surface area contributed by atoms with E-state index in [0.717, 1.165) is 17.0 Å². The van der Waals surface area contributed by atoms with Crippen LogP contribution in [0.25, 0.3) is 11.5 Å². The van der Waals surface area contributed by atoms with Crippen LogP contribution >= 0.6 is 11.6 Å². The van der Waals surface area contributed by atoms with Gasteiger partial charge in [0.1, 0.15) is 5.75 Å². The fourth-order valence-corrected chi connectivity index (χ4v) is 3.15. The fraction of sp³-hybridized carbons (Fsp3) is 0.130. The van der Waals surface area contributed by atoms with Gasteiger partial charge in [0.2, 0.25) is 11.8 Å². The molecule has 4 aromatic rings. The van der Waals surface area contributed by atoms with Gasteiger partial charge in [-0.15, -0.1) is 10.2 Å². The summed E-state index contributed by atoms with van der Waals surface area (Å²) in [5, 5.41) is 9.10. The van der Waals surface area contributed by atoms with E-state index in [4.69, 9.17) is 20.8 Å². The van der Waals surface area contributed by atoms with Crippen LogP contribution in [0.2, 0.25) is 5.02 Å². The second-order valence-electron chi connectivity index (χ2n) is 6.55. The summed E-state index contributed by atoms with van der Waals surface area (Å²) in [5.74, 6) is 1.84. The second-order valence-corrected chi connectivity index (χ2v) is 6.98. The summed E-state index contributed by atoms with van der Waals surface area (Å²) in [7, 11) is 1.66. The van der Waals surface area contributed by atoms with E-state index in [1.54, 1.807) is 19.2 Å². The molecule has 0 N–H and O–H groups in total. The molecule has 0 spiro atoms. The molecule has 0 fully saturated rings. The van der Waals surface area contributed by atoms with Gasteiger partial charge in [-0.25, -0.2) is 0 Å². The first-order chi connectivity index (χ1) is 14.2. The highest BCUT2D eigenvalue weighted by Gasteiger charge is 2.14. The highest BCUT2D eigenvalue weighted by molar-refractivity contribution is 6.30. The standard InChI is InChI=1S/C23H20ClN3O2/c1-28-21-13-11-20(12-14-21)27(15-17-5-3-2-4-6-17)16-22-25-26-23(29-22)18-7-9-19(24)10-8-18/h2-14H,15-16H2,1H3. The molecule has 0 atom stereocenters. The number of aromatic nitrogens is 2. The van der Waals surface area contributed by atoms with Gasteiger partial charge in [-0.3, -0.25) is 0 Å². The van der Waals surface area contributed by atoms with Crippen LogP contribution in [-0.2, 0) is 13.1 Å². The lowest BCUT2D eigenvalue weighted by Crippen LogP contribution is -2.22. The maximum absolute atomic E-state index is 5.96. The van der Waals surface area contributed by atoms with E-state index in [1.165, 1.54) is 5.56 Å². The van der Waals surface area contributed by atoms with Crippen LogP contribution < -0.4 is 9.64 Å². The minimum atomic E-state index is 0.478. The number of ether oxygens (including phenoxy) is 1. The number of halogens is 1. The molecule has 0 aliphatic carbocycles. The Morgan fingerprint density at radius 3 is 2.28 bits per heavy atom. The molecule has 0 unspecified atom stereocenters. The van der Waals surface area contributed by atoms with Crippen LogP contribution in [0.5, 0.6) is 5.75 Å². The van der Waals surface area contributed by atoms with Crippen molar-refractivity contribution in [3.8, 4) is 17.2 Å². The van der Waals surface area contributed by atoms with Crippen LogP contribution in [0.1, 0.15) is 11.5 Å². The molecule has 0 radical (unpaired) electrons. The van der Waals surface area contributed by atoms with E-state index < -0.39 is 0 Å². The first-order valence-electron chi connectivity index (χ1n) is 9.22. The Hall–Kier alpha value is -3.31. The second kappa shape index (κ2) is 8.80. The molecule has 4 rings (SSSR count). The predicted octanol–water partition coefficient (Wildman–Crippen LogP) is 5.61. The molecule has 146 valence electrons. The Labute approximate surface area is 174 Å². The Morgan fingerprint density at radius 1 is 0.862 bits per heavy atom.